The van der Waals surface area contributed by atoms with E-state index in [4.69, 9.17) is 11.6 Å². The molecule has 1 aromatic heterocycles. The van der Waals surface area contributed by atoms with Crippen molar-refractivity contribution in [2.75, 3.05) is 0 Å². The van der Waals surface area contributed by atoms with Gasteiger partial charge in [0.15, 0.2) is 0 Å². The molecule has 0 bridgehead atoms. The van der Waals surface area contributed by atoms with Crippen molar-refractivity contribution in [2.45, 2.75) is 31.6 Å². The molecule has 0 saturated heterocycles. The van der Waals surface area contributed by atoms with E-state index < -0.39 is 28.9 Å². The normalized spacial score (nSPS) is 18.4. The van der Waals surface area contributed by atoms with Gasteiger partial charge in [0, 0.05) is 31.5 Å². The van der Waals surface area contributed by atoms with Crippen LogP contribution >= 0.6 is 22.9 Å². The van der Waals surface area contributed by atoms with Crippen LogP contribution < -0.4 is 0 Å². The number of aryl methyl sites for hydroxylation is 2. The highest BCUT2D eigenvalue weighted by Gasteiger charge is 2.80. The van der Waals surface area contributed by atoms with Crippen LogP contribution in [-0.2, 0) is 0 Å². The maximum atomic E-state index is 15.4. The molecular formula is C27H17ClF6S. The fourth-order valence-corrected chi connectivity index (χ4v) is 6.01. The highest BCUT2D eigenvalue weighted by atomic mass is 35.5. The third kappa shape index (κ3) is 3.28. The third-order valence-corrected chi connectivity index (χ3v) is 7.79. The Morgan fingerprint density at radius 1 is 0.714 bits per heavy atom. The fraction of sp³-hybridized carbons (Fsp3) is 0.185. The van der Waals surface area contributed by atoms with Gasteiger partial charge in [-0.3, -0.25) is 0 Å². The highest BCUT2D eigenvalue weighted by Crippen LogP contribution is 2.66. The van der Waals surface area contributed by atoms with Crippen LogP contribution in [0, 0.1) is 13.8 Å². The molecule has 8 heteroatoms. The van der Waals surface area contributed by atoms with Crippen molar-refractivity contribution in [2.24, 2.45) is 0 Å². The molecule has 0 fully saturated rings. The molecule has 4 aromatic rings. The molecule has 0 atom stereocenters. The summed E-state index contributed by atoms with van der Waals surface area (Å²) in [6.07, 6.45) is 0. The summed E-state index contributed by atoms with van der Waals surface area (Å²) in [5.41, 5.74) is -2.63. The van der Waals surface area contributed by atoms with Crippen LogP contribution in [-0.4, -0.2) is 17.8 Å². The Balaban J connectivity index is 1.90. The molecule has 5 rings (SSSR count). The van der Waals surface area contributed by atoms with Gasteiger partial charge in [0.05, 0.1) is 0 Å². The van der Waals surface area contributed by atoms with Crippen LogP contribution in [0.25, 0.3) is 32.4 Å². The van der Waals surface area contributed by atoms with Crippen LogP contribution in [0.3, 0.4) is 0 Å². The van der Waals surface area contributed by atoms with Gasteiger partial charge < -0.3 is 0 Å². The van der Waals surface area contributed by atoms with E-state index in [9.17, 15) is 8.78 Å². The summed E-state index contributed by atoms with van der Waals surface area (Å²) in [5.74, 6) is -15.8. The minimum absolute atomic E-state index is 0.198. The Morgan fingerprint density at radius 3 is 2.06 bits per heavy atom. The standard InChI is InChI=1S/C27H17ClF6S/c1-14-11-12-16-7-3-4-8-17(16)22(14)24-23(25(29,30)27(33,34)26(24,31)32)19-13-21(35-15(19)2)18-9-5-6-10-20(18)28/h3-13H,1-2H3. The van der Waals surface area contributed by atoms with E-state index in [1.165, 1.54) is 32.0 Å². The van der Waals surface area contributed by atoms with Gasteiger partial charge in [-0.1, -0.05) is 66.2 Å². The van der Waals surface area contributed by atoms with Gasteiger partial charge in [0.2, 0.25) is 0 Å². The molecule has 0 spiro atoms. The zero-order valence-corrected chi connectivity index (χ0v) is 20.0. The molecule has 3 aromatic carbocycles. The lowest BCUT2D eigenvalue weighted by atomic mass is 9.88. The maximum Gasteiger partial charge on any atom is 0.380 e. The lowest BCUT2D eigenvalue weighted by Gasteiger charge is -2.26. The van der Waals surface area contributed by atoms with Crippen LogP contribution in [0.5, 0.6) is 0 Å². The number of thiophene rings is 1. The van der Waals surface area contributed by atoms with Crippen LogP contribution in [0.2, 0.25) is 5.02 Å². The zero-order chi connectivity index (χ0) is 25.3. The van der Waals surface area contributed by atoms with Gasteiger partial charge in [0.25, 0.3) is 0 Å². The van der Waals surface area contributed by atoms with Crippen molar-refractivity contribution >= 4 is 44.9 Å². The molecule has 1 aliphatic rings. The highest BCUT2D eigenvalue weighted by molar-refractivity contribution is 7.15. The van der Waals surface area contributed by atoms with Crippen molar-refractivity contribution in [1.29, 1.82) is 0 Å². The summed E-state index contributed by atoms with van der Waals surface area (Å²) >= 11 is 7.28. The summed E-state index contributed by atoms with van der Waals surface area (Å²) in [7, 11) is 0. The first-order valence-corrected chi connectivity index (χ1v) is 11.8. The zero-order valence-electron chi connectivity index (χ0n) is 18.4. The predicted octanol–water partition coefficient (Wildman–Crippen LogP) is 9.67. The average Bonchev–Trinajstić information content (AvgIpc) is 3.22. The number of hydrogen-bond donors (Lipinski definition) is 0. The molecule has 0 N–H and O–H groups in total. The number of rotatable bonds is 3. The largest absolute Gasteiger partial charge is 0.380 e. The molecule has 180 valence electrons. The first kappa shape index (κ1) is 23.9. The van der Waals surface area contributed by atoms with Crippen LogP contribution in [0.1, 0.15) is 21.6 Å². The van der Waals surface area contributed by atoms with Gasteiger partial charge in [-0.25, -0.2) is 0 Å². The van der Waals surface area contributed by atoms with E-state index in [2.05, 4.69) is 0 Å². The van der Waals surface area contributed by atoms with Gasteiger partial charge in [-0.05, 0) is 53.4 Å². The topological polar surface area (TPSA) is 0 Å². The number of alkyl halides is 6. The van der Waals surface area contributed by atoms with Gasteiger partial charge in [-0.15, -0.1) is 11.3 Å². The Labute approximate surface area is 206 Å². The Bertz CT molecular complexity index is 1520. The van der Waals surface area contributed by atoms with Crippen molar-refractivity contribution in [3.63, 3.8) is 0 Å². The Hall–Kier alpha value is -2.77. The summed E-state index contributed by atoms with van der Waals surface area (Å²) in [5, 5.41) is 1.01. The monoisotopic (exact) mass is 522 g/mol. The number of halogens is 7. The first-order valence-electron chi connectivity index (χ1n) is 10.6. The van der Waals surface area contributed by atoms with Crippen molar-refractivity contribution in [3.05, 3.63) is 93.3 Å². The maximum absolute atomic E-state index is 15.4. The number of fused-ring (bicyclic) bond motifs is 1. The minimum Gasteiger partial charge on any atom is -0.194 e. The average molecular weight is 523 g/mol. The fourth-order valence-electron chi connectivity index (χ4n) is 4.65. The smallest absolute Gasteiger partial charge is 0.194 e. The molecule has 0 radical (unpaired) electrons. The molecular weight excluding hydrogens is 506 g/mol. The second kappa shape index (κ2) is 7.87. The number of allylic oxidation sites excluding steroid dienone is 2. The van der Waals surface area contributed by atoms with E-state index in [1.807, 2.05) is 0 Å². The van der Waals surface area contributed by atoms with Gasteiger partial charge >= 0.3 is 17.8 Å². The van der Waals surface area contributed by atoms with E-state index in [1.54, 1.807) is 48.5 Å². The second-order valence-corrected chi connectivity index (χ2v) is 10.2. The minimum atomic E-state index is -5.62. The second-order valence-electron chi connectivity index (χ2n) is 8.51. The summed E-state index contributed by atoms with van der Waals surface area (Å²) in [6.45, 7) is 2.90. The molecule has 0 saturated carbocycles. The summed E-state index contributed by atoms with van der Waals surface area (Å²) in [4.78, 5) is 0.623. The molecule has 0 unspecified atom stereocenters. The van der Waals surface area contributed by atoms with Crippen molar-refractivity contribution < 1.29 is 26.3 Å². The molecule has 1 heterocycles. The first-order chi connectivity index (χ1) is 16.4. The number of hydrogen-bond acceptors (Lipinski definition) is 1. The van der Waals surface area contributed by atoms with E-state index in [-0.39, 0.29) is 27.0 Å². The molecule has 1 aliphatic carbocycles. The van der Waals surface area contributed by atoms with Crippen LogP contribution in [0.4, 0.5) is 26.3 Å². The van der Waals surface area contributed by atoms with Crippen molar-refractivity contribution in [3.8, 4) is 10.4 Å². The molecule has 0 amide bonds. The Kier molecular flexibility index (Phi) is 5.38. The SMILES string of the molecule is Cc1ccc2ccccc2c1C1=C(c2cc(-c3ccccc3Cl)sc2C)C(F)(F)C(F)(F)C1(F)F. The van der Waals surface area contributed by atoms with Gasteiger partial charge in [0.1, 0.15) is 0 Å². The van der Waals surface area contributed by atoms with Crippen molar-refractivity contribution in [1.82, 2.24) is 0 Å². The molecule has 35 heavy (non-hydrogen) atoms. The van der Waals surface area contributed by atoms with E-state index in [0.29, 0.717) is 20.8 Å². The van der Waals surface area contributed by atoms with E-state index in [0.717, 1.165) is 11.3 Å². The summed E-state index contributed by atoms with van der Waals surface area (Å²) < 4.78 is 91.4. The lowest BCUT2D eigenvalue weighted by Crippen LogP contribution is -2.49. The van der Waals surface area contributed by atoms with Crippen LogP contribution in [0.15, 0.2) is 66.7 Å². The Morgan fingerprint density at radius 2 is 1.34 bits per heavy atom. The van der Waals surface area contributed by atoms with E-state index >= 15 is 17.6 Å². The van der Waals surface area contributed by atoms with Gasteiger partial charge in [-0.2, -0.15) is 26.3 Å². The number of benzene rings is 3. The summed E-state index contributed by atoms with van der Waals surface area (Å²) in [6, 6.07) is 17.3. The lowest BCUT2D eigenvalue weighted by molar-refractivity contribution is -0.254. The third-order valence-electron chi connectivity index (χ3n) is 6.38. The predicted molar refractivity (Wildman–Crippen MR) is 130 cm³/mol. The molecule has 0 aliphatic heterocycles. The molecule has 0 nitrogen and oxygen atoms in total. The quantitative estimate of drug-likeness (QED) is 0.235.